The number of nitrogens with one attached hydrogen (secondary N) is 1. The van der Waals surface area contributed by atoms with Crippen LogP contribution in [0.3, 0.4) is 0 Å². The summed E-state index contributed by atoms with van der Waals surface area (Å²) in [5.74, 6) is 0.786. The minimum absolute atomic E-state index is 0.104. The number of nitro benzene ring substituents is 1. The monoisotopic (exact) mass is 273 g/mol. The van der Waals surface area contributed by atoms with Gasteiger partial charge >= 0.3 is 5.69 Å². The molecule has 0 radical (unpaired) electrons. The van der Waals surface area contributed by atoms with Crippen molar-refractivity contribution in [2.24, 2.45) is 5.92 Å². The number of benzene rings is 1. The smallest absolute Gasteiger partial charge is 0.309 e. The number of nitrogens with zero attached hydrogens (tertiary/aromatic N) is 2. The van der Waals surface area contributed by atoms with E-state index in [4.69, 9.17) is 5.26 Å². The van der Waals surface area contributed by atoms with E-state index in [1.807, 2.05) is 6.07 Å². The molecule has 1 fully saturated rings. The van der Waals surface area contributed by atoms with Gasteiger partial charge in [0.05, 0.1) is 4.92 Å². The Morgan fingerprint density at radius 3 is 2.65 bits per heavy atom. The number of hydrogen-bond donors (Lipinski definition) is 1. The Bertz CT molecular complexity index is 528. The second kappa shape index (κ2) is 6.38. The van der Waals surface area contributed by atoms with Crippen molar-refractivity contribution in [3.63, 3.8) is 0 Å². The van der Waals surface area contributed by atoms with Gasteiger partial charge in [0.1, 0.15) is 17.3 Å². The fraction of sp³-hybridized carbons (Fsp3) is 0.533. The summed E-state index contributed by atoms with van der Waals surface area (Å²) in [7, 11) is 0. The van der Waals surface area contributed by atoms with Gasteiger partial charge in [-0.15, -0.1) is 0 Å². The molecule has 1 aliphatic rings. The van der Waals surface area contributed by atoms with Gasteiger partial charge in [0.15, 0.2) is 0 Å². The first-order valence-corrected chi connectivity index (χ1v) is 7.09. The molecular formula is C15H19N3O2. The van der Waals surface area contributed by atoms with E-state index in [-0.39, 0.29) is 17.3 Å². The molecule has 5 nitrogen and oxygen atoms in total. The van der Waals surface area contributed by atoms with Gasteiger partial charge in [-0.25, -0.2) is 0 Å². The Morgan fingerprint density at radius 2 is 2.10 bits per heavy atom. The molecule has 1 aromatic carbocycles. The molecule has 0 unspecified atom stereocenters. The maximum Gasteiger partial charge on any atom is 0.309 e. The fourth-order valence-electron chi connectivity index (χ4n) is 2.88. The first-order valence-electron chi connectivity index (χ1n) is 7.09. The van der Waals surface area contributed by atoms with Crippen molar-refractivity contribution >= 4 is 11.4 Å². The molecule has 0 spiro atoms. The topological polar surface area (TPSA) is 79.0 Å². The van der Waals surface area contributed by atoms with Crippen LogP contribution in [-0.2, 0) is 0 Å². The third kappa shape index (κ3) is 3.08. The van der Waals surface area contributed by atoms with Gasteiger partial charge in [0.25, 0.3) is 0 Å². The first kappa shape index (κ1) is 14.3. The Balaban J connectivity index is 2.14. The molecule has 1 saturated carbocycles. The van der Waals surface area contributed by atoms with Gasteiger partial charge in [-0.2, -0.15) is 5.26 Å². The van der Waals surface area contributed by atoms with Crippen LogP contribution in [0, 0.1) is 27.4 Å². The molecule has 5 heteroatoms. The average Bonchev–Trinajstić information content (AvgIpc) is 2.47. The number of hydrogen-bond acceptors (Lipinski definition) is 4. The zero-order chi connectivity index (χ0) is 14.5. The molecule has 0 heterocycles. The van der Waals surface area contributed by atoms with Gasteiger partial charge in [-0.05, 0) is 43.7 Å². The van der Waals surface area contributed by atoms with Crippen molar-refractivity contribution < 1.29 is 4.92 Å². The quantitative estimate of drug-likeness (QED) is 0.667. The molecular weight excluding hydrogens is 254 g/mol. The van der Waals surface area contributed by atoms with Crippen LogP contribution in [0.5, 0.6) is 0 Å². The number of para-hydroxylation sites is 1. The molecule has 0 aromatic heterocycles. The van der Waals surface area contributed by atoms with E-state index in [1.165, 1.54) is 25.3 Å². The molecule has 0 aliphatic heterocycles. The van der Waals surface area contributed by atoms with Crippen LogP contribution in [0.25, 0.3) is 0 Å². The maximum absolute atomic E-state index is 11.2. The van der Waals surface area contributed by atoms with Crippen LogP contribution in [-0.4, -0.2) is 11.0 Å². The average molecular weight is 273 g/mol. The molecule has 0 bridgehead atoms. The van der Waals surface area contributed by atoms with E-state index in [0.29, 0.717) is 5.69 Å². The van der Waals surface area contributed by atoms with Crippen molar-refractivity contribution in [1.29, 1.82) is 5.26 Å². The van der Waals surface area contributed by atoms with Crippen molar-refractivity contribution in [3.05, 3.63) is 33.9 Å². The Hall–Kier alpha value is -2.09. The standard InChI is InChI=1S/C15H19N3O2/c1-2-11-6-8-13(9-7-11)17-14-5-3-4-12(10-16)15(14)18(19)20/h3-5,11,13,17H,2,6-9H2,1H3. The van der Waals surface area contributed by atoms with Crippen LogP contribution in [0.1, 0.15) is 44.6 Å². The van der Waals surface area contributed by atoms with Gasteiger partial charge in [0, 0.05) is 6.04 Å². The Kier molecular flexibility index (Phi) is 4.57. The summed E-state index contributed by atoms with van der Waals surface area (Å²) >= 11 is 0. The van der Waals surface area contributed by atoms with Crippen molar-refractivity contribution in [3.8, 4) is 6.07 Å². The van der Waals surface area contributed by atoms with E-state index in [2.05, 4.69) is 12.2 Å². The molecule has 1 N–H and O–H groups in total. The van der Waals surface area contributed by atoms with Crippen LogP contribution in [0.4, 0.5) is 11.4 Å². The number of anilines is 1. The normalized spacial score (nSPS) is 22.0. The van der Waals surface area contributed by atoms with Gasteiger partial charge in [-0.1, -0.05) is 19.4 Å². The zero-order valence-corrected chi connectivity index (χ0v) is 11.6. The summed E-state index contributed by atoms with van der Waals surface area (Å²) in [5, 5.41) is 23.4. The lowest BCUT2D eigenvalue weighted by Crippen LogP contribution is -2.26. The summed E-state index contributed by atoms with van der Waals surface area (Å²) in [5.41, 5.74) is 0.476. The zero-order valence-electron chi connectivity index (χ0n) is 11.6. The van der Waals surface area contributed by atoms with Crippen molar-refractivity contribution in [2.75, 3.05) is 5.32 Å². The SMILES string of the molecule is CCC1CCC(Nc2cccc(C#N)c2[N+](=O)[O-])CC1. The summed E-state index contributed by atoms with van der Waals surface area (Å²) in [6.45, 7) is 2.21. The van der Waals surface area contributed by atoms with Crippen molar-refractivity contribution in [1.82, 2.24) is 0 Å². The molecule has 2 rings (SSSR count). The lowest BCUT2D eigenvalue weighted by atomic mass is 9.84. The predicted octanol–water partition coefficient (Wildman–Crippen LogP) is 3.85. The number of nitro groups is 1. The van der Waals surface area contributed by atoms with E-state index < -0.39 is 4.92 Å². The highest BCUT2D eigenvalue weighted by molar-refractivity contribution is 5.68. The minimum Gasteiger partial charge on any atom is -0.377 e. The summed E-state index contributed by atoms with van der Waals surface area (Å²) in [4.78, 5) is 10.7. The second-order valence-corrected chi connectivity index (χ2v) is 5.34. The molecule has 1 aliphatic carbocycles. The van der Waals surface area contributed by atoms with E-state index in [1.54, 1.807) is 12.1 Å². The molecule has 106 valence electrons. The molecule has 1 aromatic rings. The first-order chi connectivity index (χ1) is 9.65. The highest BCUT2D eigenvalue weighted by atomic mass is 16.6. The lowest BCUT2D eigenvalue weighted by molar-refractivity contribution is -0.384. The molecule has 20 heavy (non-hydrogen) atoms. The Labute approximate surface area is 118 Å². The van der Waals surface area contributed by atoms with Crippen LogP contribution in [0.2, 0.25) is 0 Å². The van der Waals surface area contributed by atoms with Gasteiger partial charge in [-0.3, -0.25) is 10.1 Å². The lowest BCUT2D eigenvalue weighted by Gasteiger charge is -2.29. The summed E-state index contributed by atoms with van der Waals surface area (Å²) in [6.07, 6.45) is 5.61. The predicted molar refractivity (Wildman–Crippen MR) is 77.5 cm³/mol. The fourth-order valence-corrected chi connectivity index (χ4v) is 2.88. The van der Waals surface area contributed by atoms with E-state index >= 15 is 0 Å². The van der Waals surface area contributed by atoms with E-state index in [0.717, 1.165) is 18.8 Å². The van der Waals surface area contributed by atoms with Crippen LogP contribution < -0.4 is 5.32 Å². The summed E-state index contributed by atoms with van der Waals surface area (Å²) < 4.78 is 0. The molecule has 0 amide bonds. The summed E-state index contributed by atoms with van der Waals surface area (Å²) in [6, 6.07) is 7.01. The largest absolute Gasteiger partial charge is 0.377 e. The highest BCUT2D eigenvalue weighted by Crippen LogP contribution is 2.33. The van der Waals surface area contributed by atoms with Gasteiger partial charge < -0.3 is 5.32 Å². The van der Waals surface area contributed by atoms with E-state index in [9.17, 15) is 10.1 Å². The third-order valence-corrected chi connectivity index (χ3v) is 4.12. The third-order valence-electron chi connectivity index (χ3n) is 4.12. The maximum atomic E-state index is 11.2. The second-order valence-electron chi connectivity index (χ2n) is 5.34. The van der Waals surface area contributed by atoms with Crippen LogP contribution in [0.15, 0.2) is 18.2 Å². The number of rotatable bonds is 4. The minimum atomic E-state index is -0.474. The van der Waals surface area contributed by atoms with Gasteiger partial charge in [0.2, 0.25) is 0 Å². The Morgan fingerprint density at radius 1 is 1.40 bits per heavy atom. The molecule has 0 saturated heterocycles. The highest BCUT2D eigenvalue weighted by Gasteiger charge is 2.24. The van der Waals surface area contributed by atoms with Crippen LogP contribution >= 0.6 is 0 Å². The van der Waals surface area contributed by atoms with Crippen molar-refractivity contribution in [2.45, 2.75) is 45.1 Å². The number of nitriles is 1. The molecule has 0 atom stereocenters.